The molecule has 1 aliphatic heterocycles. The minimum absolute atomic E-state index is 0.264. The van der Waals surface area contributed by atoms with Gasteiger partial charge in [-0.2, -0.15) is 0 Å². The van der Waals surface area contributed by atoms with Gasteiger partial charge in [0.1, 0.15) is 36.6 Å². The van der Waals surface area contributed by atoms with Gasteiger partial charge in [0, 0.05) is 0 Å². The van der Waals surface area contributed by atoms with E-state index in [4.69, 9.17) is 9.47 Å². The molecular formula is C36H71NO10. The molecule has 1 fully saturated rings. The van der Waals surface area contributed by atoms with Crippen molar-refractivity contribution in [3.05, 3.63) is 0 Å². The van der Waals surface area contributed by atoms with Crippen LogP contribution in [0.3, 0.4) is 0 Å². The number of carbonyl (C=O) groups excluding carboxylic acids is 1. The number of hydrogen-bond acceptors (Lipinski definition) is 10. The number of carbonyl (C=O) groups is 1. The summed E-state index contributed by atoms with van der Waals surface area (Å²) in [5.41, 5.74) is 0. The molecular weight excluding hydrogens is 606 g/mol. The molecule has 0 bridgehead atoms. The fourth-order valence-corrected chi connectivity index (χ4v) is 6.14. The first-order chi connectivity index (χ1) is 22.7. The number of ether oxygens (including phenoxy) is 2. The molecule has 0 aromatic heterocycles. The number of aliphatic hydroxyl groups is 7. The molecule has 0 aromatic rings. The highest BCUT2D eigenvalue weighted by Gasteiger charge is 2.44. The monoisotopic (exact) mass is 678 g/mol. The molecule has 0 radical (unpaired) electrons. The summed E-state index contributed by atoms with van der Waals surface area (Å²) in [7, 11) is 0. The Kier molecular flexibility index (Phi) is 26.2. The Balaban J connectivity index is 2.60. The number of nitrogens with one attached hydrogen (secondary N) is 1. The van der Waals surface area contributed by atoms with E-state index in [9.17, 15) is 40.5 Å². The SMILES string of the molecule is CCCCCCCCCCCCC(O)C(=O)NC(COC1OC(CO)C(O)C(O)C1O)C(O)C(O)CCCCCCCCCCCC. The second-order valence-corrected chi connectivity index (χ2v) is 13.7. The van der Waals surface area contributed by atoms with Crippen LogP contribution in [0.4, 0.5) is 0 Å². The first-order valence-corrected chi connectivity index (χ1v) is 18.9. The summed E-state index contributed by atoms with van der Waals surface area (Å²) in [6.07, 6.45) is 11.7. The molecule has 11 nitrogen and oxygen atoms in total. The van der Waals surface area contributed by atoms with Crippen LogP contribution >= 0.6 is 0 Å². The third-order valence-electron chi connectivity index (χ3n) is 9.41. The zero-order valence-electron chi connectivity index (χ0n) is 29.5. The number of unbranched alkanes of at least 4 members (excludes halogenated alkanes) is 18. The van der Waals surface area contributed by atoms with E-state index >= 15 is 0 Å². The smallest absolute Gasteiger partial charge is 0.249 e. The summed E-state index contributed by atoms with van der Waals surface area (Å²) in [6.45, 7) is 3.36. The van der Waals surface area contributed by atoms with Crippen LogP contribution in [0.1, 0.15) is 155 Å². The van der Waals surface area contributed by atoms with Crippen molar-refractivity contribution in [3.8, 4) is 0 Å². The maximum absolute atomic E-state index is 12.9. The van der Waals surface area contributed by atoms with Crippen molar-refractivity contribution in [2.75, 3.05) is 13.2 Å². The average Bonchev–Trinajstić information content (AvgIpc) is 3.07. The van der Waals surface area contributed by atoms with E-state index in [1.807, 2.05) is 0 Å². The lowest BCUT2D eigenvalue weighted by Gasteiger charge is -2.40. The highest BCUT2D eigenvalue weighted by atomic mass is 16.7. The largest absolute Gasteiger partial charge is 0.394 e. The van der Waals surface area contributed by atoms with Crippen LogP contribution in [0, 0.1) is 0 Å². The number of amides is 1. The second kappa shape index (κ2) is 27.9. The van der Waals surface area contributed by atoms with Crippen LogP contribution in [0.5, 0.6) is 0 Å². The van der Waals surface area contributed by atoms with E-state index in [-0.39, 0.29) is 6.42 Å². The van der Waals surface area contributed by atoms with Gasteiger partial charge in [0.05, 0.1) is 25.4 Å². The van der Waals surface area contributed by atoms with Crippen LogP contribution in [-0.4, -0.2) is 110 Å². The lowest BCUT2D eigenvalue weighted by atomic mass is 9.98. The summed E-state index contributed by atoms with van der Waals surface area (Å²) in [5.74, 6) is -0.700. The van der Waals surface area contributed by atoms with Gasteiger partial charge in [0.2, 0.25) is 5.91 Å². The molecule has 0 aliphatic carbocycles. The Morgan fingerprint density at radius 2 is 1.11 bits per heavy atom. The first-order valence-electron chi connectivity index (χ1n) is 18.9. The number of rotatable bonds is 30. The van der Waals surface area contributed by atoms with Crippen molar-refractivity contribution < 1.29 is 50.0 Å². The standard InChI is InChI=1S/C36H71NO10/c1-3-5-7-9-11-13-15-17-19-21-23-28(39)31(41)27(26-46-36-34(44)33(43)32(42)30(25-38)47-36)37-35(45)29(40)24-22-20-18-16-14-12-10-8-6-4-2/h27-34,36,38-44H,3-26H2,1-2H3,(H,37,45). The van der Waals surface area contributed by atoms with Crippen LogP contribution in [0.15, 0.2) is 0 Å². The maximum atomic E-state index is 12.9. The molecule has 0 saturated carbocycles. The summed E-state index contributed by atoms with van der Waals surface area (Å²) in [4.78, 5) is 12.9. The fraction of sp³-hybridized carbons (Fsp3) is 0.972. The van der Waals surface area contributed by atoms with Gasteiger partial charge in [-0.05, 0) is 12.8 Å². The van der Waals surface area contributed by atoms with Gasteiger partial charge < -0.3 is 50.5 Å². The Hall–Kier alpha value is -0.890. The lowest BCUT2D eigenvalue weighted by molar-refractivity contribution is -0.303. The third-order valence-corrected chi connectivity index (χ3v) is 9.41. The molecule has 1 amide bonds. The highest BCUT2D eigenvalue weighted by molar-refractivity contribution is 5.80. The number of hydrogen-bond donors (Lipinski definition) is 8. The zero-order chi connectivity index (χ0) is 34.9. The molecule has 9 atom stereocenters. The van der Waals surface area contributed by atoms with Crippen molar-refractivity contribution in [1.82, 2.24) is 5.32 Å². The highest BCUT2D eigenvalue weighted by Crippen LogP contribution is 2.23. The van der Waals surface area contributed by atoms with E-state index < -0.39 is 74.2 Å². The lowest BCUT2D eigenvalue weighted by Crippen LogP contribution is -2.60. The van der Waals surface area contributed by atoms with E-state index in [1.54, 1.807) is 0 Å². The average molecular weight is 678 g/mol. The van der Waals surface area contributed by atoms with E-state index in [0.717, 1.165) is 38.5 Å². The molecule has 47 heavy (non-hydrogen) atoms. The van der Waals surface area contributed by atoms with E-state index in [0.29, 0.717) is 19.3 Å². The van der Waals surface area contributed by atoms with Crippen molar-refractivity contribution in [2.45, 2.75) is 210 Å². The summed E-state index contributed by atoms with van der Waals surface area (Å²) in [6, 6.07) is -1.16. The molecule has 0 spiro atoms. The first kappa shape index (κ1) is 44.1. The summed E-state index contributed by atoms with van der Waals surface area (Å²) in [5, 5.41) is 75.0. The van der Waals surface area contributed by atoms with Crippen LogP contribution in [0.2, 0.25) is 0 Å². The van der Waals surface area contributed by atoms with Crippen LogP contribution < -0.4 is 5.32 Å². The van der Waals surface area contributed by atoms with Gasteiger partial charge in [-0.1, -0.05) is 142 Å². The van der Waals surface area contributed by atoms with Gasteiger partial charge >= 0.3 is 0 Å². The van der Waals surface area contributed by atoms with Crippen LogP contribution in [-0.2, 0) is 14.3 Å². The minimum Gasteiger partial charge on any atom is -0.394 e. The van der Waals surface area contributed by atoms with Crippen LogP contribution in [0.25, 0.3) is 0 Å². The van der Waals surface area contributed by atoms with Crippen molar-refractivity contribution in [2.24, 2.45) is 0 Å². The van der Waals surface area contributed by atoms with Gasteiger partial charge in [0.15, 0.2) is 6.29 Å². The Morgan fingerprint density at radius 3 is 1.57 bits per heavy atom. The quantitative estimate of drug-likeness (QED) is 0.0516. The predicted octanol–water partition coefficient (Wildman–Crippen LogP) is 3.99. The number of aliphatic hydroxyl groups excluding tert-OH is 7. The summed E-state index contributed by atoms with van der Waals surface area (Å²) >= 11 is 0. The molecule has 280 valence electrons. The third kappa shape index (κ3) is 19.2. The normalized spacial score (nSPS) is 24.1. The van der Waals surface area contributed by atoms with Gasteiger partial charge in [-0.3, -0.25) is 4.79 Å². The van der Waals surface area contributed by atoms with Crippen molar-refractivity contribution in [3.63, 3.8) is 0 Å². The maximum Gasteiger partial charge on any atom is 0.249 e. The Labute approximate surface area is 284 Å². The predicted molar refractivity (Wildman–Crippen MR) is 183 cm³/mol. The molecule has 1 aliphatic rings. The molecule has 8 N–H and O–H groups in total. The van der Waals surface area contributed by atoms with Gasteiger partial charge in [-0.15, -0.1) is 0 Å². The molecule has 11 heteroatoms. The molecule has 0 aromatic carbocycles. The van der Waals surface area contributed by atoms with Crippen molar-refractivity contribution in [1.29, 1.82) is 0 Å². The molecule has 9 unspecified atom stereocenters. The van der Waals surface area contributed by atoms with Gasteiger partial charge in [0.25, 0.3) is 0 Å². The molecule has 1 saturated heterocycles. The molecule has 1 rings (SSSR count). The Morgan fingerprint density at radius 1 is 0.660 bits per heavy atom. The minimum atomic E-state index is -1.65. The zero-order valence-corrected chi connectivity index (χ0v) is 29.5. The topological polar surface area (TPSA) is 189 Å². The van der Waals surface area contributed by atoms with Crippen molar-refractivity contribution >= 4 is 5.91 Å². The van der Waals surface area contributed by atoms with E-state index in [2.05, 4.69) is 19.2 Å². The van der Waals surface area contributed by atoms with E-state index in [1.165, 1.54) is 77.0 Å². The second-order valence-electron chi connectivity index (χ2n) is 13.7. The fourth-order valence-electron chi connectivity index (χ4n) is 6.14. The molecule has 1 heterocycles. The Bertz CT molecular complexity index is 745. The van der Waals surface area contributed by atoms with Gasteiger partial charge in [-0.25, -0.2) is 0 Å². The summed E-state index contributed by atoms with van der Waals surface area (Å²) < 4.78 is 11.0.